The third-order valence-electron chi connectivity index (χ3n) is 5.64. The highest BCUT2D eigenvalue weighted by molar-refractivity contribution is 7.89. The highest BCUT2D eigenvalue weighted by atomic mass is 32.2. The summed E-state index contributed by atoms with van der Waals surface area (Å²) in [5.41, 5.74) is 4.44. The average molecular weight is 446 g/mol. The summed E-state index contributed by atoms with van der Waals surface area (Å²) in [6.07, 6.45) is 1.77. The summed E-state index contributed by atoms with van der Waals surface area (Å²) in [6, 6.07) is 21.1. The van der Waals surface area contributed by atoms with Crippen molar-refractivity contribution in [2.45, 2.75) is 24.7 Å². The Hall–Kier alpha value is -3.47. The van der Waals surface area contributed by atoms with Crippen molar-refractivity contribution in [2.75, 3.05) is 18.4 Å². The molecule has 0 aromatic heterocycles. The van der Waals surface area contributed by atoms with Crippen LogP contribution in [-0.4, -0.2) is 31.7 Å². The predicted molar refractivity (Wildman–Crippen MR) is 124 cm³/mol. The Morgan fingerprint density at radius 2 is 1.62 bits per heavy atom. The Morgan fingerprint density at radius 1 is 0.969 bits per heavy atom. The molecular weight excluding hydrogens is 422 g/mol. The minimum Gasteiger partial charge on any atom is -0.322 e. The van der Waals surface area contributed by atoms with Crippen LogP contribution >= 0.6 is 0 Å². The van der Waals surface area contributed by atoms with E-state index in [1.165, 1.54) is 16.4 Å². The third-order valence-corrected chi connectivity index (χ3v) is 7.55. The maximum atomic E-state index is 12.8. The Labute approximate surface area is 188 Å². The van der Waals surface area contributed by atoms with Gasteiger partial charge >= 0.3 is 0 Å². The van der Waals surface area contributed by atoms with Crippen LogP contribution in [0.3, 0.4) is 0 Å². The fourth-order valence-corrected chi connectivity index (χ4v) is 5.31. The zero-order chi connectivity index (χ0) is 22.7. The number of hydrogen-bond donors (Lipinski definition) is 1. The van der Waals surface area contributed by atoms with E-state index in [4.69, 9.17) is 5.26 Å². The lowest BCUT2D eigenvalue weighted by Gasteiger charge is -2.15. The Kier molecular flexibility index (Phi) is 6.08. The van der Waals surface area contributed by atoms with Crippen molar-refractivity contribution in [3.63, 3.8) is 0 Å². The lowest BCUT2D eigenvalue weighted by atomic mass is 9.97. The van der Waals surface area contributed by atoms with Gasteiger partial charge in [-0.25, -0.2) is 8.42 Å². The van der Waals surface area contributed by atoms with E-state index in [0.717, 1.165) is 29.5 Å². The van der Waals surface area contributed by atoms with Crippen molar-refractivity contribution in [1.29, 1.82) is 5.26 Å². The summed E-state index contributed by atoms with van der Waals surface area (Å²) in [4.78, 5) is 13.1. The Bertz CT molecular complexity index is 1290. The summed E-state index contributed by atoms with van der Waals surface area (Å²) in [5.74, 6) is -0.282. The van der Waals surface area contributed by atoms with Gasteiger partial charge in [0.2, 0.25) is 10.0 Å². The maximum Gasteiger partial charge on any atom is 0.255 e. The van der Waals surface area contributed by atoms with Gasteiger partial charge in [-0.1, -0.05) is 18.2 Å². The smallest absolute Gasteiger partial charge is 0.255 e. The number of anilines is 1. The van der Waals surface area contributed by atoms with Gasteiger partial charge in [0.1, 0.15) is 0 Å². The predicted octanol–water partition coefficient (Wildman–Crippen LogP) is 4.57. The van der Waals surface area contributed by atoms with Crippen LogP contribution in [0.25, 0.3) is 11.1 Å². The molecule has 1 fully saturated rings. The number of nitrogens with one attached hydrogen (secondary N) is 1. The molecule has 0 spiro atoms. The lowest BCUT2D eigenvalue weighted by Crippen LogP contribution is -2.27. The molecule has 1 aliphatic heterocycles. The van der Waals surface area contributed by atoms with Crippen molar-refractivity contribution < 1.29 is 13.2 Å². The van der Waals surface area contributed by atoms with Crippen LogP contribution in [0.2, 0.25) is 0 Å². The molecule has 32 heavy (non-hydrogen) atoms. The van der Waals surface area contributed by atoms with Crippen LogP contribution in [0, 0.1) is 18.3 Å². The van der Waals surface area contributed by atoms with Crippen LogP contribution < -0.4 is 5.32 Å². The molecule has 1 N–H and O–H groups in total. The number of benzene rings is 3. The minimum atomic E-state index is -3.48. The monoisotopic (exact) mass is 445 g/mol. The van der Waals surface area contributed by atoms with Gasteiger partial charge in [0.25, 0.3) is 5.91 Å². The van der Waals surface area contributed by atoms with E-state index in [2.05, 4.69) is 11.4 Å². The normalized spacial score (nSPS) is 14.1. The Balaban J connectivity index is 1.52. The average Bonchev–Trinajstić information content (AvgIpc) is 3.36. The second-order valence-electron chi connectivity index (χ2n) is 7.81. The molecule has 162 valence electrons. The van der Waals surface area contributed by atoms with E-state index in [1.54, 1.807) is 30.3 Å². The summed E-state index contributed by atoms with van der Waals surface area (Å²) in [7, 11) is -3.48. The molecule has 0 unspecified atom stereocenters. The van der Waals surface area contributed by atoms with Crippen molar-refractivity contribution in [1.82, 2.24) is 4.31 Å². The maximum absolute atomic E-state index is 12.8. The first-order valence-electron chi connectivity index (χ1n) is 10.4. The molecule has 3 aromatic rings. The fraction of sp³-hybridized carbons (Fsp3) is 0.200. The van der Waals surface area contributed by atoms with Crippen molar-refractivity contribution in [3.05, 3.63) is 83.4 Å². The minimum absolute atomic E-state index is 0.232. The molecule has 1 amide bonds. The van der Waals surface area contributed by atoms with Crippen molar-refractivity contribution in [3.8, 4) is 17.2 Å². The van der Waals surface area contributed by atoms with Gasteiger partial charge in [0.15, 0.2) is 0 Å². The van der Waals surface area contributed by atoms with Gasteiger partial charge in [-0.05, 0) is 85.0 Å². The number of carbonyl (C=O) groups excluding carboxylic acids is 1. The Morgan fingerprint density at radius 3 is 2.25 bits per heavy atom. The molecule has 1 aliphatic rings. The van der Waals surface area contributed by atoms with E-state index in [9.17, 15) is 13.2 Å². The number of nitriles is 1. The molecule has 0 radical (unpaired) electrons. The summed E-state index contributed by atoms with van der Waals surface area (Å²) in [6.45, 7) is 3.07. The highest BCUT2D eigenvalue weighted by Crippen LogP contribution is 2.26. The quantitative estimate of drug-likeness (QED) is 0.623. The van der Waals surface area contributed by atoms with Crippen LogP contribution in [0.15, 0.2) is 71.6 Å². The van der Waals surface area contributed by atoms with E-state index < -0.39 is 10.0 Å². The molecule has 1 heterocycles. The number of rotatable bonds is 5. The largest absolute Gasteiger partial charge is 0.322 e. The number of nitrogens with zero attached hydrogens (tertiary/aromatic N) is 2. The number of sulfonamides is 1. The van der Waals surface area contributed by atoms with E-state index in [-0.39, 0.29) is 10.8 Å². The molecule has 4 rings (SSSR count). The molecule has 1 saturated heterocycles. The zero-order valence-electron chi connectivity index (χ0n) is 17.7. The summed E-state index contributed by atoms with van der Waals surface area (Å²) >= 11 is 0. The number of aryl methyl sites for hydroxylation is 1. The van der Waals surface area contributed by atoms with Crippen LogP contribution in [-0.2, 0) is 10.0 Å². The zero-order valence-corrected chi connectivity index (χ0v) is 18.5. The summed E-state index contributed by atoms with van der Waals surface area (Å²) < 4.78 is 26.8. The molecule has 7 heteroatoms. The highest BCUT2D eigenvalue weighted by Gasteiger charge is 2.27. The van der Waals surface area contributed by atoms with Gasteiger partial charge in [-0.2, -0.15) is 9.57 Å². The van der Waals surface area contributed by atoms with Gasteiger partial charge in [-0.3, -0.25) is 4.79 Å². The van der Waals surface area contributed by atoms with Crippen LogP contribution in [0.5, 0.6) is 0 Å². The molecule has 6 nitrogen and oxygen atoms in total. The molecule has 0 aliphatic carbocycles. The van der Waals surface area contributed by atoms with Gasteiger partial charge in [-0.15, -0.1) is 0 Å². The summed E-state index contributed by atoms with van der Waals surface area (Å²) in [5, 5.41) is 11.8. The second-order valence-corrected chi connectivity index (χ2v) is 9.75. The first-order chi connectivity index (χ1) is 15.4. The number of amides is 1. The van der Waals surface area contributed by atoms with E-state index in [0.29, 0.717) is 29.9 Å². The van der Waals surface area contributed by atoms with Gasteiger partial charge in [0.05, 0.1) is 16.5 Å². The number of hydrogen-bond acceptors (Lipinski definition) is 4. The molecular formula is C25H23N3O3S. The molecule has 0 saturated carbocycles. The number of carbonyl (C=O) groups is 1. The van der Waals surface area contributed by atoms with Crippen molar-refractivity contribution >= 4 is 21.6 Å². The fourth-order valence-electron chi connectivity index (χ4n) is 3.79. The standard InChI is InChI=1S/C25H23N3O3S/c1-18-4-7-21(16-24(18)20-8-5-19(17-26)6-9-20)25(29)27-22-10-12-23(13-11-22)32(30,31)28-14-2-3-15-28/h4-13,16H,2-3,14-15H2,1H3,(H,27,29). The molecule has 0 atom stereocenters. The third kappa shape index (κ3) is 4.42. The first kappa shape index (κ1) is 21.8. The molecule has 3 aromatic carbocycles. The second kappa shape index (κ2) is 8.95. The topological polar surface area (TPSA) is 90.3 Å². The van der Waals surface area contributed by atoms with E-state index >= 15 is 0 Å². The van der Waals surface area contributed by atoms with Crippen LogP contribution in [0.1, 0.15) is 34.3 Å². The first-order valence-corrected chi connectivity index (χ1v) is 11.9. The van der Waals surface area contributed by atoms with Gasteiger partial charge < -0.3 is 5.32 Å². The molecule has 0 bridgehead atoms. The van der Waals surface area contributed by atoms with Gasteiger partial charge in [0, 0.05) is 24.3 Å². The SMILES string of the molecule is Cc1ccc(C(=O)Nc2ccc(S(=O)(=O)N3CCCC3)cc2)cc1-c1ccc(C#N)cc1. The van der Waals surface area contributed by atoms with Crippen molar-refractivity contribution in [2.24, 2.45) is 0 Å². The lowest BCUT2D eigenvalue weighted by molar-refractivity contribution is 0.102. The van der Waals surface area contributed by atoms with E-state index in [1.807, 2.05) is 31.2 Å². The van der Waals surface area contributed by atoms with Crippen LogP contribution in [0.4, 0.5) is 5.69 Å².